The maximum absolute atomic E-state index is 9.88. The summed E-state index contributed by atoms with van der Waals surface area (Å²) in [4.78, 5) is 0. The molecule has 2 atom stereocenters. The lowest BCUT2D eigenvalue weighted by molar-refractivity contribution is 0.167. The monoisotopic (exact) mass is 196 g/mol. The molecular weight excluding hydrogens is 176 g/mol. The summed E-state index contributed by atoms with van der Waals surface area (Å²) in [5.74, 6) is 0. The van der Waals surface area contributed by atoms with Crippen LogP contribution in [-0.2, 0) is 0 Å². The third kappa shape index (κ3) is 2.46. The highest BCUT2D eigenvalue weighted by Crippen LogP contribution is 2.28. The van der Waals surface area contributed by atoms with Gasteiger partial charge in [0.05, 0.1) is 12.2 Å². The Bertz CT molecular complexity index is 263. The van der Waals surface area contributed by atoms with Crippen LogP contribution in [0.25, 0.3) is 0 Å². The summed E-state index contributed by atoms with van der Waals surface area (Å²) in [5, 5.41) is 19.4. The first-order valence-electron chi connectivity index (χ1n) is 5.30. The van der Waals surface area contributed by atoms with Crippen molar-refractivity contribution < 1.29 is 10.2 Å². The molecule has 1 rings (SSSR count). The van der Waals surface area contributed by atoms with E-state index in [0.717, 1.165) is 29.6 Å². The second-order valence-electron chi connectivity index (χ2n) is 4.08. The molecule has 1 aliphatic rings. The molecule has 0 radical (unpaired) electrons. The normalized spacial score (nSPS) is 24.9. The molecule has 2 N–H and O–H groups in total. The van der Waals surface area contributed by atoms with E-state index in [1.54, 1.807) is 0 Å². The molecule has 0 aromatic carbocycles. The van der Waals surface area contributed by atoms with Gasteiger partial charge < -0.3 is 10.2 Å². The van der Waals surface area contributed by atoms with Gasteiger partial charge in [-0.15, -0.1) is 0 Å². The van der Waals surface area contributed by atoms with E-state index < -0.39 is 6.10 Å². The minimum atomic E-state index is -0.416. The Hall–Kier alpha value is -0.600. The lowest BCUT2D eigenvalue weighted by Gasteiger charge is -2.24. The van der Waals surface area contributed by atoms with Crippen molar-refractivity contribution >= 4 is 0 Å². The zero-order valence-electron chi connectivity index (χ0n) is 9.25. The third-order valence-electron chi connectivity index (χ3n) is 2.91. The molecule has 0 bridgehead atoms. The molecule has 0 aliphatic heterocycles. The van der Waals surface area contributed by atoms with Crippen LogP contribution >= 0.6 is 0 Å². The fourth-order valence-corrected chi connectivity index (χ4v) is 1.94. The molecule has 2 unspecified atom stereocenters. The number of hydrogen-bond donors (Lipinski definition) is 2. The molecule has 2 heteroatoms. The maximum Gasteiger partial charge on any atom is 0.0764 e. The number of aliphatic hydroxyl groups excluding tert-OH is 2. The predicted molar refractivity (Wildman–Crippen MR) is 58.0 cm³/mol. The predicted octanol–water partition coefficient (Wildman–Crippen LogP) is 2.17. The van der Waals surface area contributed by atoms with E-state index in [9.17, 15) is 10.2 Å². The minimum absolute atomic E-state index is 0.377. The van der Waals surface area contributed by atoms with Crippen molar-refractivity contribution in [3.05, 3.63) is 22.8 Å². The summed E-state index contributed by atoms with van der Waals surface area (Å²) in [6.07, 6.45) is 3.41. The van der Waals surface area contributed by atoms with E-state index in [1.807, 2.05) is 19.9 Å². The van der Waals surface area contributed by atoms with Crippen molar-refractivity contribution in [2.45, 2.75) is 52.2 Å². The molecule has 0 fully saturated rings. The fourth-order valence-electron chi connectivity index (χ4n) is 1.94. The van der Waals surface area contributed by atoms with Crippen LogP contribution < -0.4 is 0 Å². The van der Waals surface area contributed by atoms with Gasteiger partial charge in [-0.1, -0.05) is 19.4 Å². The van der Waals surface area contributed by atoms with Crippen molar-refractivity contribution in [1.82, 2.24) is 0 Å². The molecule has 2 nitrogen and oxygen atoms in total. The summed E-state index contributed by atoms with van der Waals surface area (Å²) in [5.41, 5.74) is 3.25. The summed E-state index contributed by atoms with van der Waals surface area (Å²) in [6, 6.07) is 0. The number of rotatable bonds is 3. The van der Waals surface area contributed by atoms with Crippen LogP contribution in [0.4, 0.5) is 0 Å². The van der Waals surface area contributed by atoms with Gasteiger partial charge in [-0.05, 0) is 37.0 Å². The highest BCUT2D eigenvalue weighted by molar-refractivity contribution is 5.38. The van der Waals surface area contributed by atoms with Crippen LogP contribution in [0.1, 0.15) is 40.0 Å². The Kier molecular flexibility index (Phi) is 3.90. The molecule has 0 saturated carbocycles. The van der Waals surface area contributed by atoms with Crippen LogP contribution in [0.5, 0.6) is 0 Å². The molecule has 80 valence electrons. The SMILES string of the molecule is CCCC(O)C1=C(C)C(C)=CC(O)C1. The van der Waals surface area contributed by atoms with Gasteiger partial charge >= 0.3 is 0 Å². The van der Waals surface area contributed by atoms with Gasteiger partial charge in [-0.25, -0.2) is 0 Å². The molecule has 0 aromatic rings. The van der Waals surface area contributed by atoms with Crippen molar-refractivity contribution in [3.63, 3.8) is 0 Å². The van der Waals surface area contributed by atoms with Gasteiger partial charge in [0, 0.05) is 6.42 Å². The Morgan fingerprint density at radius 1 is 1.50 bits per heavy atom. The largest absolute Gasteiger partial charge is 0.389 e. The van der Waals surface area contributed by atoms with E-state index in [1.165, 1.54) is 0 Å². The van der Waals surface area contributed by atoms with Crippen LogP contribution in [0.3, 0.4) is 0 Å². The van der Waals surface area contributed by atoms with Crippen molar-refractivity contribution in [2.75, 3.05) is 0 Å². The Balaban J connectivity index is 2.85. The molecule has 0 aromatic heterocycles. The highest BCUT2D eigenvalue weighted by atomic mass is 16.3. The number of aliphatic hydroxyl groups is 2. The first kappa shape index (κ1) is 11.5. The summed E-state index contributed by atoms with van der Waals surface area (Å²) < 4.78 is 0. The van der Waals surface area contributed by atoms with Gasteiger partial charge in [-0.2, -0.15) is 0 Å². The Morgan fingerprint density at radius 2 is 2.14 bits per heavy atom. The second-order valence-corrected chi connectivity index (χ2v) is 4.08. The second kappa shape index (κ2) is 4.76. The summed E-state index contributed by atoms with van der Waals surface area (Å²) in [7, 11) is 0. The Morgan fingerprint density at radius 3 is 2.71 bits per heavy atom. The minimum Gasteiger partial charge on any atom is -0.389 e. The van der Waals surface area contributed by atoms with Crippen molar-refractivity contribution in [2.24, 2.45) is 0 Å². The van der Waals surface area contributed by atoms with E-state index in [-0.39, 0.29) is 6.10 Å². The number of allylic oxidation sites excluding steroid dienone is 2. The molecule has 0 spiro atoms. The Labute approximate surface area is 86.0 Å². The van der Waals surface area contributed by atoms with Gasteiger partial charge in [0.2, 0.25) is 0 Å². The van der Waals surface area contributed by atoms with Crippen molar-refractivity contribution in [1.29, 1.82) is 0 Å². The van der Waals surface area contributed by atoms with Crippen molar-refractivity contribution in [3.8, 4) is 0 Å². The van der Waals surface area contributed by atoms with E-state index in [0.29, 0.717) is 6.42 Å². The topological polar surface area (TPSA) is 40.5 Å². The van der Waals surface area contributed by atoms with Gasteiger partial charge in [-0.3, -0.25) is 0 Å². The first-order chi connectivity index (χ1) is 6.56. The smallest absolute Gasteiger partial charge is 0.0764 e. The molecule has 1 aliphatic carbocycles. The van der Waals surface area contributed by atoms with Crippen LogP contribution in [0.15, 0.2) is 22.8 Å². The zero-order chi connectivity index (χ0) is 10.7. The van der Waals surface area contributed by atoms with E-state index in [2.05, 4.69) is 6.92 Å². The van der Waals surface area contributed by atoms with Gasteiger partial charge in [0.15, 0.2) is 0 Å². The van der Waals surface area contributed by atoms with E-state index in [4.69, 9.17) is 0 Å². The first-order valence-corrected chi connectivity index (χ1v) is 5.30. The highest BCUT2D eigenvalue weighted by Gasteiger charge is 2.20. The van der Waals surface area contributed by atoms with Crippen LogP contribution in [0.2, 0.25) is 0 Å². The third-order valence-corrected chi connectivity index (χ3v) is 2.91. The maximum atomic E-state index is 9.88. The summed E-state index contributed by atoms with van der Waals surface area (Å²) >= 11 is 0. The van der Waals surface area contributed by atoms with Crippen LogP contribution in [0, 0.1) is 0 Å². The zero-order valence-corrected chi connectivity index (χ0v) is 9.25. The van der Waals surface area contributed by atoms with E-state index >= 15 is 0 Å². The van der Waals surface area contributed by atoms with Gasteiger partial charge in [0.1, 0.15) is 0 Å². The molecule has 0 heterocycles. The quantitative estimate of drug-likeness (QED) is 0.726. The summed E-state index contributed by atoms with van der Waals surface area (Å²) in [6.45, 7) is 6.06. The average Bonchev–Trinajstić information content (AvgIpc) is 2.11. The number of hydrogen-bond acceptors (Lipinski definition) is 2. The van der Waals surface area contributed by atoms with Crippen LogP contribution in [-0.4, -0.2) is 22.4 Å². The lowest BCUT2D eigenvalue weighted by Crippen LogP contribution is -2.20. The molecular formula is C12H20O2. The molecule has 14 heavy (non-hydrogen) atoms. The fraction of sp³-hybridized carbons (Fsp3) is 0.667. The molecule has 0 amide bonds. The molecule has 0 saturated heterocycles. The van der Waals surface area contributed by atoms with Gasteiger partial charge in [0.25, 0.3) is 0 Å². The average molecular weight is 196 g/mol. The standard InChI is InChI=1S/C12H20O2/c1-4-5-12(14)11-7-10(13)6-8(2)9(11)3/h6,10,12-14H,4-5,7H2,1-3H3. The lowest BCUT2D eigenvalue weighted by atomic mass is 9.87.